The van der Waals surface area contributed by atoms with Crippen LogP contribution in [0.3, 0.4) is 0 Å². The molecule has 1 aliphatic carbocycles. The quantitative estimate of drug-likeness (QED) is 0.689. The van der Waals surface area contributed by atoms with E-state index in [-0.39, 0.29) is 5.54 Å². The molecule has 1 rings (SSSR count). The Hall–Kier alpha value is -1.08. The topological polar surface area (TPSA) is 109 Å². The highest BCUT2D eigenvalue weighted by Crippen LogP contribution is 2.46. The van der Waals surface area contributed by atoms with Gasteiger partial charge in [0, 0.05) is 5.54 Å². The van der Waals surface area contributed by atoms with E-state index >= 15 is 0 Å². The van der Waals surface area contributed by atoms with E-state index in [0.29, 0.717) is 19.3 Å². The number of carbonyl (C=O) groups is 1. The molecule has 0 heterocycles. The lowest BCUT2D eigenvalue weighted by molar-refractivity contribution is 0.184. The fraction of sp³-hybridized carbons (Fsp3) is 0.750. The molecule has 4 N–H and O–H groups in total. The van der Waals surface area contributed by atoms with Crippen LogP contribution in [0.2, 0.25) is 0 Å². The largest absolute Gasteiger partial charge is 0.465 e. The van der Waals surface area contributed by atoms with Crippen molar-refractivity contribution < 1.29 is 18.3 Å². The molecule has 1 saturated carbocycles. The lowest BCUT2D eigenvalue weighted by atomic mass is 10.1. The van der Waals surface area contributed by atoms with Crippen LogP contribution in [0.5, 0.6) is 0 Å². The maximum Gasteiger partial charge on any atom is 0.405 e. The molecule has 1 amide bonds. The number of primary sulfonamides is 1. The van der Waals surface area contributed by atoms with Gasteiger partial charge in [0.1, 0.15) is 0 Å². The SMILES string of the molecule is C=C(C)CC1(S(N)(=O)=O)CC1.CC(C)(C)NC(=O)O. The van der Waals surface area contributed by atoms with E-state index < -0.39 is 20.9 Å². The minimum Gasteiger partial charge on any atom is -0.465 e. The number of nitrogens with one attached hydrogen (secondary N) is 1. The predicted octanol–water partition coefficient (Wildman–Crippen LogP) is 1.83. The summed E-state index contributed by atoms with van der Waals surface area (Å²) in [6, 6.07) is 0. The molecule has 19 heavy (non-hydrogen) atoms. The summed E-state index contributed by atoms with van der Waals surface area (Å²) in [5, 5.41) is 15.5. The van der Waals surface area contributed by atoms with E-state index in [1.54, 1.807) is 20.8 Å². The highest BCUT2D eigenvalue weighted by atomic mass is 32.2. The molecule has 0 spiro atoms. The van der Waals surface area contributed by atoms with Gasteiger partial charge < -0.3 is 10.4 Å². The van der Waals surface area contributed by atoms with Crippen molar-refractivity contribution in [3.63, 3.8) is 0 Å². The summed E-state index contributed by atoms with van der Waals surface area (Å²) < 4.78 is 21.3. The second-order valence-corrected chi connectivity index (χ2v) is 8.00. The molecule has 1 fully saturated rings. The molecule has 0 radical (unpaired) electrons. The standard InChI is InChI=1S/C7H13NO2S.C5H11NO2/c1-6(2)5-7(3-4-7)11(8,9)10;1-5(2,3)6-4(7)8/h1,3-5H2,2H3,(H2,8,9,10);6H,1-3H3,(H,7,8). The van der Waals surface area contributed by atoms with Crippen LogP contribution >= 0.6 is 0 Å². The van der Waals surface area contributed by atoms with Gasteiger partial charge in [0.15, 0.2) is 0 Å². The van der Waals surface area contributed by atoms with E-state index in [2.05, 4.69) is 11.9 Å². The number of hydrogen-bond acceptors (Lipinski definition) is 3. The summed E-state index contributed by atoms with van der Waals surface area (Å²) in [5.41, 5.74) is 0.558. The van der Waals surface area contributed by atoms with Crippen LogP contribution < -0.4 is 10.5 Å². The Balaban J connectivity index is 0.000000362. The summed E-state index contributed by atoms with van der Waals surface area (Å²) in [7, 11) is -3.35. The minimum atomic E-state index is -3.35. The van der Waals surface area contributed by atoms with Gasteiger partial charge in [-0.05, 0) is 47.0 Å². The van der Waals surface area contributed by atoms with Crippen LogP contribution in [-0.4, -0.2) is 29.9 Å². The van der Waals surface area contributed by atoms with Crippen LogP contribution in [0.1, 0.15) is 47.0 Å². The number of amides is 1. The van der Waals surface area contributed by atoms with E-state index in [1.165, 1.54) is 0 Å². The number of allylic oxidation sites excluding steroid dienone is 1. The first kappa shape index (κ1) is 17.9. The second-order valence-electron chi connectivity index (χ2n) is 6.04. The average molecular weight is 292 g/mol. The van der Waals surface area contributed by atoms with Crippen molar-refractivity contribution in [2.75, 3.05) is 0 Å². The number of nitrogens with two attached hydrogens (primary N) is 1. The Kier molecular flexibility index (Phi) is 5.58. The molecule has 1 aliphatic rings. The van der Waals surface area contributed by atoms with Gasteiger partial charge in [-0.3, -0.25) is 0 Å². The average Bonchev–Trinajstić information content (AvgIpc) is 2.78. The van der Waals surface area contributed by atoms with Crippen molar-refractivity contribution in [1.29, 1.82) is 0 Å². The highest BCUT2D eigenvalue weighted by molar-refractivity contribution is 7.90. The smallest absolute Gasteiger partial charge is 0.405 e. The first-order valence-electron chi connectivity index (χ1n) is 5.97. The second kappa shape index (κ2) is 5.92. The summed E-state index contributed by atoms with van der Waals surface area (Å²) in [5.74, 6) is 0. The monoisotopic (exact) mass is 292 g/mol. The van der Waals surface area contributed by atoms with Gasteiger partial charge in [-0.15, -0.1) is 6.58 Å². The van der Waals surface area contributed by atoms with Gasteiger partial charge in [-0.2, -0.15) is 0 Å². The van der Waals surface area contributed by atoms with Gasteiger partial charge in [-0.25, -0.2) is 18.4 Å². The summed E-state index contributed by atoms with van der Waals surface area (Å²) >= 11 is 0. The molecular weight excluding hydrogens is 268 g/mol. The van der Waals surface area contributed by atoms with E-state index in [0.717, 1.165) is 5.57 Å². The number of sulfonamides is 1. The van der Waals surface area contributed by atoms with Gasteiger partial charge in [-0.1, -0.05) is 5.57 Å². The first-order chi connectivity index (χ1) is 8.29. The number of hydrogen-bond donors (Lipinski definition) is 3. The van der Waals surface area contributed by atoms with Gasteiger partial charge in [0.2, 0.25) is 10.0 Å². The van der Waals surface area contributed by atoms with Crippen molar-refractivity contribution in [1.82, 2.24) is 5.32 Å². The number of rotatable bonds is 3. The molecule has 0 aliphatic heterocycles. The third-order valence-corrected chi connectivity index (χ3v) is 4.28. The maximum absolute atomic E-state index is 11.0. The Morgan fingerprint density at radius 2 is 1.84 bits per heavy atom. The molecule has 6 nitrogen and oxygen atoms in total. The van der Waals surface area contributed by atoms with Crippen molar-refractivity contribution in [2.45, 2.75) is 57.2 Å². The molecule has 0 aromatic heterocycles. The zero-order valence-corrected chi connectivity index (χ0v) is 12.8. The van der Waals surface area contributed by atoms with E-state index in [1.807, 2.05) is 6.92 Å². The Labute approximate surface area is 115 Å². The Morgan fingerprint density at radius 3 is 1.89 bits per heavy atom. The van der Waals surface area contributed by atoms with Crippen LogP contribution in [0.25, 0.3) is 0 Å². The molecule has 112 valence electrons. The van der Waals surface area contributed by atoms with Crippen LogP contribution in [-0.2, 0) is 10.0 Å². The molecule has 0 atom stereocenters. The van der Waals surface area contributed by atoms with Crippen LogP contribution in [0, 0.1) is 0 Å². The van der Waals surface area contributed by atoms with E-state index in [9.17, 15) is 13.2 Å². The van der Waals surface area contributed by atoms with Gasteiger partial charge >= 0.3 is 6.09 Å². The molecule has 0 bridgehead atoms. The lowest BCUT2D eigenvalue weighted by Gasteiger charge is -2.16. The Bertz CT molecular complexity index is 445. The molecule has 0 aromatic carbocycles. The lowest BCUT2D eigenvalue weighted by Crippen LogP contribution is -2.39. The molecule has 0 aromatic rings. The molecule has 0 unspecified atom stereocenters. The predicted molar refractivity (Wildman–Crippen MR) is 75.4 cm³/mol. The van der Waals surface area contributed by atoms with Crippen molar-refractivity contribution in [3.8, 4) is 0 Å². The Morgan fingerprint density at radius 1 is 1.42 bits per heavy atom. The van der Waals surface area contributed by atoms with Crippen LogP contribution in [0.4, 0.5) is 4.79 Å². The van der Waals surface area contributed by atoms with Crippen molar-refractivity contribution in [3.05, 3.63) is 12.2 Å². The third kappa shape index (κ3) is 7.17. The summed E-state index contributed by atoms with van der Waals surface area (Å²) in [6.07, 6.45) is 0.931. The third-order valence-electron chi connectivity index (χ3n) is 2.52. The normalized spacial score (nSPS) is 16.9. The fourth-order valence-electron chi connectivity index (χ4n) is 1.57. The summed E-state index contributed by atoms with van der Waals surface area (Å²) in [4.78, 5) is 9.90. The van der Waals surface area contributed by atoms with Crippen molar-refractivity contribution in [2.24, 2.45) is 5.14 Å². The van der Waals surface area contributed by atoms with Gasteiger partial charge in [0.25, 0.3) is 0 Å². The highest BCUT2D eigenvalue weighted by Gasteiger charge is 2.52. The maximum atomic E-state index is 11.0. The molecule has 7 heteroatoms. The number of carboxylic acid groups (broad SMARTS) is 1. The summed E-state index contributed by atoms with van der Waals surface area (Å²) in [6.45, 7) is 10.9. The van der Waals surface area contributed by atoms with Gasteiger partial charge in [0.05, 0.1) is 4.75 Å². The van der Waals surface area contributed by atoms with Crippen molar-refractivity contribution >= 4 is 16.1 Å². The van der Waals surface area contributed by atoms with E-state index in [4.69, 9.17) is 10.2 Å². The zero-order chi connectivity index (χ0) is 15.5. The molecule has 0 saturated heterocycles. The van der Waals surface area contributed by atoms with Crippen LogP contribution in [0.15, 0.2) is 12.2 Å². The fourth-order valence-corrected chi connectivity index (χ4v) is 2.69. The zero-order valence-electron chi connectivity index (χ0n) is 12.0. The first-order valence-corrected chi connectivity index (χ1v) is 7.51. The minimum absolute atomic E-state index is 0.328. The molecular formula is C12H24N2O4S.